The van der Waals surface area contributed by atoms with Crippen molar-refractivity contribution in [3.05, 3.63) is 61.0 Å². The Hall–Kier alpha value is -2.91. The summed E-state index contributed by atoms with van der Waals surface area (Å²) in [5.74, 6) is -0.463. The molecule has 9 nitrogen and oxygen atoms in total. The number of nitrogens with one attached hydrogen (secondary N) is 1. The summed E-state index contributed by atoms with van der Waals surface area (Å²) in [4.78, 5) is 40.7. The molecule has 0 bridgehead atoms. The SMILES string of the molecule is CC(=NNC(=O)Cn1cnc2c1c(=O)n(C)c(=O)n2C)c1ccc(Cl)c(Cl)c1. The lowest BCUT2D eigenvalue weighted by molar-refractivity contribution is -0.121. The molecule has 1 amide bonds. The van der Waals surface area contributed by atoms with E-state index < -0.39 is 17.2 Å². The zero-order chi connectivity index (χ0) is 20.6. The van der Waals surface area contributed by atoms with Crippen LogP contribution in [-0.2, 0) is 25.4 Å². The molecule has 0 spiro atoms. The van der Waals surface area contributed by atoms with Gasteiger partial charge in [-0.05, 0) is 24.6 Å². The number of imidazole rings is 1. The van der Waals surface area contributed by atoms with Crippen molar-refractivity contribution in [1.82, 2.24) is 24.1 Å². The minimum Gasteiger partial charge on any atom is -0.315 e. The maximum absolute atomic E-state index is 12.4. The number of benzene rings is 1. The lowest BCUT2D eigenvalue weighted by Crippen LogP contribution is -2.38. The second kappa shape index (κ2) is 7.61. The van der Waals surface area contributed by atoms with Crippen LogP contribution in [0.5, 0.6) is 0 Å². The van der Waals surface area contributed by atoms with Gasteiger partial charge in [-0.3, -0.25) is 18.7 Å². The van der Waals surface area contributed by atoms with E-state index in [0.717, 1.165) is 4.57 Å². The van der Waals surface area contributed by atoms with Gasteiger partial charge in [0.1, 0.15) is 6.54 Å². The Kier molecular flexibility index (Phi) is 5.39. The van der Waals surface area contributed by atoms with E-state index in [0.29, 0.717) is 21.3 Å². The Morgan fingerprint density at radius 2 is 1.89 bits per heavy atom. The molecule has 2 heterocycles. The molecule has 146 valence electrons. The summed E-state index contributed by atoms with van der Waals surface area (Å²) >= 11 is 11.9. The number of rotatable bonds is 4. The van der Waals surface area contributed by atoms with Gasteiger partial charge >= 0.3 is 5.69 Å². The second-order valence-corrected chi connectivity index (χ2v) is 6.93. The number of carbonyl (C=O) groups is 1. The van der Waals surface area contributed by atoms with Crippen LogP contribution in [-0.4, -0.2) is 30.3 Å². The van der Waals surface area contributed by atoms with Crippen LogP contribution >= 0.6 is 23.2 Å². The summed E-state index contributed by atoms with van der Waals surface area (Å²) in [6, 6.07) is 5.01. The fourth-order valence-electron chi connectivity index (χ4n) is 2.64. The van der Waals surface area contributed by atoms with E-state index in [4.69, 9.17) is 23.2 Å². The highest BCUT2D eigenvalue weighted by Gasteiger charge is 2.15. The van der Waals surface area contributed by atoms with E-state index in [1.165, 1.54) is 29.6 Å². The molecule has 1 aromatic carbocycles. The summed E-state index contributed by atoms with van der Waals surface area (Å²) in [5, 5.41) is 4.84. The van der Waals surface area contributed by atoms with Gasteiger partial charge < -0.3 is 4.57 Å². The first-order valence-corrected chi connectivity index (χ1v) is 8.85. The van der Waals surface area contributed by atoms with E-state index in [9.17, 15) is 14.4 Å². The first-order chi connectivity index (χ1) is 13.2. The normalized spacial score (nSPS) is 11.8. The third kappa shape index (κ3) is 3.58. The molecule has 28 heavy (non-hydrogen) atoms. The van der Waals surface area contributed by atoms with Crippen molar-refractivity contribution in [2.45, 2.75) is 13.5 Å². The minimum absolute atomic E-state index is 0.157. The predicted molar refractivity (Wildman–Crippen MR) is 107 cm³/mol. The third-order valence-electron chi connectivity index (χ3n) is 4.22. The van der Waals surface area contributed by atoms with Gasteiger partial charge in [-0.1, -0.05) is 29.3 Å². The van der Waals surface area contributed by atoms with Crippen molar-refractivity contribution in [3.8, 4) is 0 Å². The highest BCUT2D eigenvalue weighted by molar-refractivity contribution is 6.42. The van der Waals surface area contributed by atoms with Crippen molar-refractivity contribution in [2.75, 3.05) is 0 Å². The molecule has 1 N–H and O–H groups in total. The lowest BCUT2D eigenvalue weighted by Gasteiger charge is -2.07. The van der Waals surface area contributed by atoms with Crippen LogP contribution in [0.3, 0.4) is 0 Å². The topological polar surface area (TPSA) is 103 Å². The van der Waals surface area contributed by atoms with Crippen LogP contribution in [0.25, 0.3) is 11.2 Å². The third-order valence-corrected chi connectivity index (χ3v) is 4.96. The summed E-state index contributed by atoms with van der Waals surface area (Å²) < 4.78 is 3.58. The van der Waals surface area contributed by atoms with Crippen molar-refractivity contribution in [2.24, 2.45) is 19.2 Å². The molecule has 0 saturated carbocycles. The summed E-state index contributed by atoms with van der Waals surface area (Å²) in [6.45, 7) is 1.51. The Morgan fingerprint density at radius 1 is 1.18 bits per heavy atom. The Labute approximate surface area is 168 Å². The Balaban J connectivity index is 1.83. The molecule has 0 radical (unpaired) electrons. The van der Waals surface area contributed by atoms with Crippen LogP contribution < -0.4 is 16.7 Å². The largest absolute Gasteiger partial charge is 0.332 e. The van der Waals surface area contributed by atoms with Gasteiger partial charge in [0.05, 0.1) is 22.1 Å². The van der Waals surface area contributed by atoms with Gasteiger partial charge in [-0.2, -0.15) is 5.10 Å². The van der Waals surface area contributed by atoms with E-state index in [1.807, 2.05) is 0 Å². The summed E-state index contributed by atoms with van der Waals surface area (Å²) in [7, 11) is 2.87. The minimum atomic E-state index is -0.529. The number of aromatic nitrogens is 4. The number of carbonyl (C=O) groups excluding carboxylic acids is 1. The molecular weight excluding hydrogens is 407 g/mol. The van der Waals surface area contributed by atoms with Crippen molar-refractivity contribution < 1.29 is 4.79 Å². The maximum atomic E-state index is 12.4. The molecule has 2 aromatic heterocycles. The first kappa shape index (κ1) is 19.8. The molecule has 0 atom stereocenters. The number of hydrogen-bond acceptors (Lipinski definition) is 5. The van der Waals surface area contributed by atoms with Crippen molar-refractivity contribution in [3.63, 3.8) is 0 Å². The van der Waals surface area contributed by atoms with Crippen molar-refractivity contribution >= 4 is 46.0 Å². The first-order valence-electron chi connectivity index (χ1n) is 8.10. The van der Waals surface area contributed by atoms with Crippen LogP contribution in [0.4, 0.5) is 0 Å². The Morgan fingerprint density at radius 3 is 2.57 bits per heavy atom. The second-order valence-electron chi connectivity index (χ2n) is 6.11. The number of fused-ring (bicyclic) bond motifs is 1. The number of hydrazone groups is 1. The molecule has 0 aliphatic carbocycles. The van der Waals surface area contributed by atoms with Gasteiger partial charge in [0, 0.05) is 14.1 Å². The van der Waals surface area contributed by atoms with Gasteiger partial charge in [0.2, 0.25) is 0 Å². The summed E-state index contributed by atoms with van der Waals surface area (Å²) in [5.41, 5.74) is 3.00. The van der Waals surface area contributed by atoms with Crippen LogP contribution in [0, 0.1) is 0 Å². The number of hydrogen-bond donors (Lipinski definition) is 1. The van der Waals surface area contributed by atoms with Gasteiger partial charge in [0.25, 0.3) is 11.5 Å². The molecule has 0 aliphatic heterocycles. The molecule has 0 fully saturated rings. The molecule has 3 rings (SSSR count). The zero-order valence-electron chi connectivity index (χ0n) is 15.2. The average molecular weight is 423 g/mol. The van der Waals surface area contributed by atoms with Gasteiger partial charge in [-0.25, -0.2) is 15.2 Å². The predicted octanol–water partition coefficient (Wildman–Crippen LogP) is 1.28. The van der Waals surface area contributed by atoms with E-state index in [2.05, 4.69) is 15.5 Å². The molecule has 0 unspecified atom stereocenters. The molecule has 11 heteroatoms. The number of nitrogens with zero attached hydrogens (tertiary/aromatic N) is 5. The standard InChI is InChI=1S/C17H16Cl2N6O3/c1-9(10-4-5-11(18)12(19)6-10)21-22-13(26)7-25-8-20-15-14(25)16(27)24(3)17(28)23(15)2/h4-6,8H,7H2,1-3H3,(H,22,26). The van der Waals surface area contributed by atoms with E-state index in [1.54, 1.807) is 25.1 Å². The van der Waals surface area contributed by atoms with Crippen LogP contribution in [0.15, 0.2) is 39.2 Å². The lowest BCUT2D eigenvalue weighted by atomic mass is 10.1. The maximum Gasteiger partial charge on any atom is 0.332 e. The van der Waals surface area contributed by atoms with E-state index in [-0.39, 0.29) is 17.7 Å². The van der Waals surface area contributed by atoms with E-state index >= 15 is 0 Å². The average Bonchev–Trinajstić information content (AvgIpc) is 3.08. The highest BCUT2D eigenvalue weighted by Crippen LogP contribution is 2.22. The number of aryl methyl sites for hydroxylation is 1. The van der Waals surface area contributed by atoms with Gasteiger partial charge in [-0.15, -0.1) is 0 Å². The number of amides is 1. The molecular formula is C17H16Cl2N6O3. The highest BCUT2D eigenvalue weighted by atomic mass is 35.5. The smallest absolute Gasteiger partial charge is 0.315 e. The summed E-state index contributed by atoms with van der Waals surface area (Å²) in [6.07, 6.45) is 1.33. The fourth-order valence-corrected chi connectivity index (χ4v) is 2.94. The molecule has 3 aromatic rings. The quantitative estimate of drug-likeness (QED) is 0.505. The van der Waals surface area contributed by atoms with Crippen LogP contribution in [0.1, 0.15) is 12.5 Å². The van der Waals surface area contributed by atoms with Gasteiger partial charge in [0.15, 0.2) is 11.2 Å². The monoisotopic (exact) mass is 422 g/mol. The zero-order valence-corrected chi connectivity index (χ0v) is 16.7. The molecule has 0 saturated heterocycles. The fraction of sp³-hybridized carbons (Fsp3) is 0.235. The number of halogens is 2. The van der Waals surface area contributed by atoms with Crippen LogP contribution in [0.2, 0.25) is 10.0 Å². The molecule has 0 aliphatic rings. The Bertz CT molecular complexity index is 1240. The van der Waals surface area contributed by atoms with Crippen molar-refractivity contribution in [1.29, 1.82) is 0 Å².